The third kappa shape index (κ3) is 3.83. The van der Waals surface area contributed by atoms with E-state index < -0.39 is 36.6 Å². The van der Waals surface area contributed by atoms with Crippen LogP contribution in [0.15, 0.2) is 0 Å². The molecule has 8 heteroatoms. The molecule has 1 heterocycles. The maximum atomic E-state index is 12.4. The van der Waals surface area contributed by atoms with Gasteiger partial charge in [-0.05, 0) is 44.4 Å². The van der Waals surface area contributed by atoms with Gasteiger partial charge in [0.05, 0.1) is 0 Å². The lowest BCUT2D eigenvalue weighted by Gasteiger charge is -2.29. The average molecular weight is 365 g/mol. The summed E-state index contributed by atoms with van der Waals surface area (Å²) < 4.78 is 4.96. The molecule has 3 fully saturated rings. The van der Waals surface area contributed by atoms with Crippen molar-refractivity contribution in [2.24, 2.45) is 11.8 Å². The summed E-state index contributed by atoms with van der Waals surface area (Å²) in [5.41, 5.74) is -0.925. The second kappa shape index (κ2) is 7.25. The van der Waals surface area contributed by atoms with Crippen LogP contribution < -0.4 is 10.6 Å². The standard InChI is InChI=1S/C18H27N3O5/c1-11-5-3-4-6-13(11)19-14(22)10-26-15(23)9-21-16(24)18(2,12-7-8-12)20-17(21)25/h11-13H,3-10H2,1-2H3,(H,19,22)(H,20,25)/t11-,13-,18-/m1/s1. The van der Waals surface area contributed by atoms with Crippen LogP contribution in [0.1, 0.15) is 52.4 Å². The second-order valence-corrected chi connectivity index (χ2v) is 7.89. The lowest BCUT2D eigenvalue weighted by atomic mass is 9.86. The summed E-state index contributed by atoms with van der Waals surface area (Å²) in [5.74, 6) is -0.974. The van der Waals surface area contributed by atoms with E-state index in [0.29, 0.717) is 5.92 Å². The Morgan fingerprint density at radius 2 is 1.92 bits per heavy atom. The van der Waals surface area contributed by atoms with Crippen LogP contribution in [0.2, 0.25) is 0 Å². The van der Waals surface area contributed by atoms with E-state index in [1.54, 1.807) is 6.92 Å². The number of amides is 4. The Morgan fingerprint density at radius 3 is 2.58 bits per heavy atom. The van der Waals surface area contributed by atoms with Gasteiger partial charge < -0.3 is 15.4 Å². The summed E-state index contributed by atoms with van der Waals surface area (Å²) in [5, 5.41) is 5.57. The molecule has 0 unspecified atom stereocenters. The minimum atomic E-state index is -0.925. The third-order valence-electron chi connectivity index (χ3n) is 5.80. The van der Waals surface area contributed by atoms with Crippen molar-refractivity contribution in [3.63, 3.8) is 0 Å². The van der Waals surface area contributed by atoms with E-state index in [0.717, 1.165) is 37.0 Å². The fraction of sp³-hybridized carbons (Fsp3) is 0.778. The molecule has 0 aromatic rings. The SMILES string of the molecule is C[C@@H]1CCCC[C@H]1NC(=O)COC(=O)CN1C(=O)N[C@](C)(C2CC2)C1=O. The van der Waals surface area contributed by atoms with Gasteiger partial charge in [0, 0.05) is 6.04 Å². The van der Waals surface area contributed by atoms with Crippen molar-refractivity contribution >= 4 is 23.8 Å². The summed E-state index contributed by atoms with van der Waals surface area (Å²) in [7, 11) is 0. The second-order valence-electron chi connectivity index (χ2n) is 7.89. The minimum Gasteiger partial charge on any atom is -0.454 e. The number of imide groups is 1. The molecule has 2 saturated carbocycles. The first kappa shape index (κ1) is 18.7. The first-order chi connectivity index (χ1) is 12.3. The Balaban J connectivity index is 1.44. The molecule has 0 spiro atoms. The lowest BCUT2D eigenvalue weighted by molar-refractivity contribution is -0.151. The number of hydrogen-bond donors (Lipinski definition) is 2. The van der Waals surface area contributed by atoms with Crippen LogP contribution in [0, 0.1) is 11.8 Å². The van der Waals surface area contributed by atoms with Gasteiger partial charge in [-0.3, -0.25) is 19.3 Å². The quantitative estimate of drug-likeness (QED) is 0.538. The Kier molecular flexibility index (Phi) is 5.20. The molecule has 0 radical (unpaired) electrons. The molecule has 3 aliphatic rings. The van der Waals surface area contributed by atoms with Gasteiger partial charge in [0.2, 0.25) is 0 Å². The Hall–Kier alpha value is -2.12. The van der Waals surface area contributed by atoms with Gasteiger partial charge in [0.1, 0.15) is 12.1 Å². The van der Waals surface area contributed by atoms with E-state index in [2.05, 4.69) is 17.6 Å². The molecule has 0 aromatic carbocycles. The van der Waals surface area contributed by atoms with E-state index >= 15 is 0 Å². The first-order valence-corrected chi connectivity index (χ1v) is 9.40. The number of nitrogens with one attached hydrogen (secondary N) is 2. The molecule has 1 aliphatic heterocycles. The number of urea groups is 1. The monoisotopic (exact) mass is 365 g/mol. The molecule has 1 saturated heterocycles. The van der Waals surface area contributed by atoms with Gasteiger partial charge in [0.25, 0.3) is 11.8 Å². The molecule has 2 N–H and O–H groups in total. The summed E-state index contributed by atoms with van der Waals surface area (Å²) in [6, 6.07) is -0.470. The van der Waals surface area contributed by atoms with Crippen LogP contribution in [-0.2, 0) is 19.1 Å². The van der Waals surface area contributed by atoms with Crippen molar-refractivity contribution in [1.82, 2.24) is 15.5 Å². The van der Waals surface area contributed by atoms with Gasteiger partial charge in [0.15, 0.2) is 6.61 Å². The summed E-state index contributed by atoms with van der Waals surface area (Å²) >= 11 is 0. The fourth-order valence-corrected chi connectivity index (χ4v) is 3.90. The molecule has 144 valence electrons. The Labute approximate surface area is 153 Å². The predicted molar refractivity (Wildman–Crippen MR) is 91.9 cm³/mol. The molecule has 3 atom stereocenters. The Bertz CT molecular complexity index is 618. The number of carbonyl (C=O) groups is 4. The summed E-state index contributed by atoms with van der Waals surface area (Å²) in [4.78, 5) is 49.3. The van der Waals surface area contributed by atoms with Gasteiger partial charge in [-0.25, -0.2) is 4.79 Å². The predicted octanol–water partition coefficient (Wildman–Crippen LogP) is 0.945. The number of carbonyl (C=O) groups excluding carboxylic acids is 4. The van der Waals surface area contributed by atoms with Gasteiger partial charge >= 0.3 is 12.0 Å². The molecule has 8 nitrogen and oxygen atoms in total. The normalized spacial score (nSPS) is 31.5. The molecule has 3 rings (SSSR count). The topological polar surface area (TPSA) is 105 Å². The highest BCUT2D eigenvalue weighted by molar-refractivity contribution is 6.08. The first-order valence-electron chi connectivity index (χ1n) is 9.40. The maximum Gasteiger partial charge on any atom is 0.326 e. The molecule has 2 aliphatic carbocycles. The number of nitrogens with zero attached hydrogens (tertiary/aromatic N) is 1. The molecule has 0 bridgehead atoms. The zero-order valence-corrected chi connectivity index (χ0v) is 15.4. The highest BCUT2D eigenvalue weighted by Crippen LogP contribution is 2.42. The van der Waals surface area contributed by atoms with Crippen molar-refractivity contribution in [3.8, 4) is 0 Å². The minimum absolute atomic E-state index is 0.111. The van der Waals surface area contributed by atoms with Crippen molar-refractivity contribution < 1.29 is 23.9 Å². The van der Waals surface area contributed by atoms with Crippen LogP contribution in [0.5, 0.6) is 0 Å². The average Bonchev–Trinajstić information content (AvgIpc) is 3.41. The van der Waals surface area contributed by atoms with E-state index in [-0.39, 0.29) is 17.9 Å². The van der Waals surface area contributed by atoms with Crippen molar-refractivity contribution in [3.05, 3.63) is 0 Å². The van der Waals surface area contributed by atoms with E-state index in [9.17, 15) is 19.2 Å². The van der Waals surface area contributed by atoms with Crippen molar-refractivity contribution in [2.75, 3.05) is 13.2 Å². The fourth-order valence-electron chi connectivity index (χ4n) is 3.90. The van der Waals surface area contributed by atoms with Gasteiger partial charge in [-0.1, -0.05) is 19.8 Å². The number of ether oxygens (including phenoxy) is 1. The van der Waals surface area contributed by atoms with Crippen LogP contribution >= 0.6 is 0 Å². The maximum absolute atomic E-state index is 12.4. The smallest absolute Gasteiger partial charge is 0.326 e. The van der Waals surface area contributed by atoms with Crippen LogP contribution in [0.3, 0.4) is 0 Å². The molecular formula is C18H27N3O5. The third-order valence-corrected chi connectivity index (χ3v) is 5.80. The van der Waals surface area contributed by atoms with Crippen LogP contribution in [0.4, 0.5) is 4.79 Å². The highest BCUT2D eigenvalue weighted by Gasteiger charge is 2.56. The molecule has 0 aromatic heterocycles. The number of esters is 1. The van der Waals surface area contributed by atoms with E-state index in [1.165, 1.54) is 6.42 Å². The number of rotatable bonds is 6. The van der Waals surface area contributed by atoms with Gasteiger partial charge in [-0.15, -0.1) is 0 Å². The molecular weight excluding hydrogens is 338 g/mol. The van der Waals surface area contributed by atoms with Crippen LogP contribution in [-0.4, -0.2) is 53.4 Å². The molecule has 4 amide bonds. The van der Waals surface area contributed by atoms with E-state index in [1.807, 2.05) is 0 Å². The number of hydrogen-bond acceptors (Lipinski definition) is 5. The van der Waals surface area contributed by atoms with Gasteiger partial charge in [-0.2, -0.15) is 0 Å². The zero-order valence-electron chi connectivity index (χ0n) is 15.4. The zero-order chi connectivity index (χ0) is 18.9. The molecule has 26 heavy (non-hydrogen) atoms. The van der Waals surface area contributed by atoms with Crippen LogP contribution in [0.25, 0.3) is 0 Å². The summed E-state index contributed by atoms with van der Waals surface area (Å²) in [6.07, 6.45) is 6.05. The van der Waals surface area contributed by atoms with E-state index in [4.69, 9.17) is 4.74 Å². The largest absolute Gasteiger partial charge is 0.454 e. The van der Waals surface area contributed by atoms with Crippen molar-refractivity contribution in [2.45, 2.75) is 64.0 Å². The highest BCUT2D eigenvalue weighted by atomic mass is 16.5. The summed E-state index contributed by atoms with van der Waals surface area (Å²) in [6.45, 7) is 2.92. The lowest BCUT2D eigenvalue weighted by Crippen LogP contribution is -2.46. The van der Waals surface area contributed by atoms with Crippen molar-refractivity contribution in [1.29, 1.82) is 0 Å². The Morgan fingerprint density at radius 1 is 1.23 bits per heavy atom.